The number of carbonyl (C=O) groups excluding carboxylic acids is 1. The van der Waals surface area contributed by atoms with Crippen molar-refractivity contribution in [3.63, 3.8) is 0 Å². The summed E-state index contributed by atoms with van der Waals surface area (Å²) in [6.07, 6.45) is 1.24. The molecule has 86 valence electrons. The third kappa shape index (κ3) is 1.89. The number of aromatic amines is 1. The van der Waals surface area contributed by atoms with Gasteiger partial charge in [-0.05, 0) is 6.42 Å². The van der Waals surface area contributed by atoms with Crippen molar-refractivity contribution >= 4 is 11.6 Å². The van der Waals surface area contributed by atoms with Gasteiger partial charge >= 0.3 is 0 Å². The van der Waals surface area contributed by atoms with E-state index >= 15 is 0 Å². The van der Waals surface area contributed by atoms with Gasteiger partial charge in [-0.3, -0.25) is 14.9 Å². The molecule has 0 aliphatic carbocycles. The van der Waals surface area contributed by atoms with Gasteiger partial charge in [0.2, 0.25) is 0 Å². The van der Waals surface area contributed by atoms with Gasteiger partial charge < -0.3 is 15.0 Å². The van der Waals surface area contributed by atoms with E-state index in [-0.39, 0.29) is 23.8 Å². The Balaban J connectivity index is 2.11. The number of β-amino-alcohol motifs (C(OH)–C–C–N with tert-alkyl or cyclic N) is 1. The van der Waals surface area contributed by atoms with Gasteiger partial charge in [0.25, 0.3) is 11.6 Å². The van der Waals surface area contributed by atoms with Crippen LogP contribution >= 0.6 is 0 Å². The average Bonchev–Trinajstić information content (AvgIpc) is 2.84. The first-order valence-electron chi connectivity index (χ1n) is 4.88. The van der Waals surface area contributed by atoms with Gasteiger partial charge in [-0.15, -0.1) is 0 Å². The van der Waals surface area contributed by atoms with Crippen molar-refractivity contribution < 1.29 is 14.8 Å². The monoisotopic (exact) mass is 225 g/mol. The molecular weight excluding hydrogens is 214 g/mol. The Labute approximate surface area is 90.8 Å². The van der Waals surface area contributed by atoms with E-state index in [1.54, 1.807) is 0 Å². The number of hydrogen-bond acceptors (Lipinski definition) is 4. The molecule has 0 saturated carbocycles. The van der Waals surface area contributed by atoms with Crippen LogP contribution in [0.3, 0.4) is 0 Å². The summed E-state index contributed by atoms with van der Waals surface area (Å²) >= 11 is 0. The number of nitro groups is 1. The van der Waals surface area contributed by atoms with Gasteiger partial charge in [0.05, 0.1) is 17.2 Å². The van der Waals surface area contributed by atoms with Crippen molar-refractivity contribution in [1.29, 1.82) is 0 Å². The normalized spacial score (nSPS) is 20.1. The standard InChI is InChI=1S/C9H11N3O4/c13-7-1-2-11(5-7)9(14)8-3-6(4-10-8)12(15)16/h3-4,7,10,13H,1-2,5H2/t7-/m1/s1. The summed E-state index contributed by atoms with van der Waals surface area (Å²) in [7, 11) is 0. The van der Waals surface area contributed by atoms with Gasteiger partial charge in [-0.25, -0.2) is 0 Å². The lowest BCUT2D eigenvalue weighted by atomic mass is 10.3. The highest BCUT2D eigenvalue weighted by atomic mass is 16.6. The van der Waals surface area contributed by atoms with Crippen LogP contribution in [0.2, 0.25) is 0 Å². The molecule has 2 heterocycles. The van der Waals surface area contributed by atoms with Crippen LogP contribution < -0.4 is 0 Å². The van der Waals surface area contributed by atoms with E-state index in [2.05, 4.69) is 4.98 Å². The molecule has 0 radical (unpaired) electrons. The Kier molecular flexibility index (Phi) is 2.61. The van der Waals surface area contributed by atoms with Gasteiger partial charge in [-0.1, -0.05) is 0 Å². The Bertz CT molecular complexity index is 428. The zero-order valence-corrected chi connectivity index (χ0v) is 8.42. The quantitative estimate of drug-likeness (QED) is 0.552. The number of hydrogen-bond donors (Lipinski definition) is 2. The van der Waals surface area contributed by atoms with E-state index in [9.17, 15) is 20.0 Å². The van der Waals surface area contributed by atoms with Gasteiger partial charge in [0.1, 0.15) is 5.69 Å². The number of rotatable bonds is 2. The minimum absolute atomic E-state index is 0.136. The maximum Gasteiger partial charge on any atom is 0.287 e. The number of aliphatic hydroxyl groups is 1. The molecular formula is C9H11N3O4. The summed E-state index contributed by atoms with van der Waals surface area (Å²) in [5, 5.41) is 19.7. The Morgan fingerprint density at radius 1 is 1.69 bits per heavy atom. The fourth-order valence-corrected chi connectivity index (χ4v) is 1.71. The molecule has 0 unspecified atom stereocenters. The summed E-state index contributed by atoms with van der Waals surface area (Å²) < 4.78 is 0. The summed E-state index contributed by atoms with van der Waals surface area (Å²) in [5.74, 6) is -0.315. The average molecular weight is 225 g/mol. The maximum atomic E-state index is 11.8. The zero-order chi connectivity index (χ0) is 11.7. The first kappa shape index (κ1) is 10.6. The number of nitrogens with one attached hydrogen (secondary N) is 1. The van der Waals surface area contributed by atoms with Gasteiger partial charge in [0.15, 0.2) is 0 Å². The van der Waals surface area contributed by atoms with Crippen LogP contribution in [0.15, 0.2) is 12.3 Å². The van der Waals surface area contributed by atoms with Crippen molar-refractivity contribution in [3.8, 4) is 0 Å². The summed E-state index contributed by atoms with van der Waals surface area (Å²) in [6.45, 7) is 0.762. The molecule has 7 nitrogen and oxygen atoms in total. The van der Waals surface area contributed by atoms with Crippen molar-refractivity contribution in [3.05, 3.63) is 28.1 Å². The maximum absolute atomic E-state index is 11.8. The topological polar surface area (TPSA) is 99.5 Å². The molecule has 1 amide bonds. The number of nitrogens with zero attached hydrogens (tertiary/aromatic N) is 2. The molecule has 16 heavy (non-hydrogen) atoms. The molecule has 0 aromatic carbocycles. The zero-order valence-electron chi connectivity index (χ0n) is 8.42. The van der Waals surface area contributed by atoms with Gasteiger partial charge in [0, 0.05) is 19.2 Å². The fraction of sp³-hybridized carbons (Fsp3) is 0.444. The first-order valence-corrected chi connectivity index (χ1v) is 4.88. The third-order valence-corrected chi connectivity index (χ3v) is 2.56. The van der Waals surface area contributed by atoms with E-state index in [1.165, 1.54) is 17.2 Å². The van der Waals surface area contributed by atoms with E-state index in [1.807, 2.05) is 0 Å². The van der Waals surface area contributed by atoms with E-state index in [4.69, 9.17) is 0 Å². The molecule has 2 N–H and O–H groups in total. The Morgan fingerprint density at radius 3 is 2.94 bits per heavy atom. The molecule has 1 aromatic heterocycles. The third-order valence-electron chi connectivity index (χ3n) is 2.56. The van der Waals surface area contributed by atoms with Crippen LogP contribution in [0.1, 0.15) is 16.9 Å². The lowest BCUT2D eigenvalue weighted by molar-refractivity contribution is -0.384. The highest BCUT2D eigenvalue weighted by molar-refractivity contribution is 5.93. The van der Waals surface area contributed by atoms with Crippen LogP contribution in [0.5, 0.6) is 0 Å². The predicted molar refractivity (Wildman–Crippen MR) is 54.0 cm³/mol. The lowest BCUT2D eigenvalue weighted by Crippen LogP contribution is -2.29. The second-order valence-corrected chi connectivity index (χ2v) is 3.72. The number of amides is 1. The number of likely N-dealkylation sites (tertiary alicyclic amines) is 1. The van der Waals surface area contributed by atoms with E-state index < -0.39 is 11.0 Å². The van der Waals surface area contributed by atoms with Crippen molar-refractivity contribution in [1.82, 2.24) is 9.88 Å². The largest absolute Gasteiger partial charge is 0.391 e. The second-order valence-electron chi connectivity index (χ2n) is 3.72. The van der Waals surface area contributed by atoms with Crippen molar-refractivity contribution in [2.24, 2.45) is 0 Å². The smallest absolute Gasteiger partial charge is 0.287 e. The predicted octanol–water partition coefficient (Wildman–Crippen LogP) is 0.130. The Morgan fingerprint density at radius 2 is 2.44 bits per heavy atom. The molecule has 7 heteroatoms. The molecule has 1 aliphatic rings. The summed E-state index contributed by atoms with van der Waals surface area (Å²) in [4.78, 5) is 25.7. The summed E-state index contributed by atoms with van der Waals surface area (Å²) in [5.41, 5.74) is 0.0453. The van der Waals surface area contributed by atoms with Crippen molar-refractivity contribution in [2.45, 2.75) is 12.5 Å². The van der Waals surface area contributed by atoms with E-state index in [0.29, 0.717) is 13.0 Å². The van der Waals surface area contributed by atoms with Crippen LogP contribution in [-0.2, 0) is 0 Å². The fourth-order valence-electron chi connectivity index (χ4n) is 1.71. The van der Waals surface area contributed by atoms with Crippen LogP contribution in [0.25, 0.3) is 0 Å². The molecule has 1 aromatic rings. The molecule has 1 fully saturated rings. The van der Waals surface area contributed by atoms with Crippen LogP contribution in [-0.4, -0.2) is 45.0 Å². The number of aromatic nitrogens is 1. The molecule has 1 saturated heterocycles. The highest BCUT2D eigenvalue weighted by Gasteiger charge is 2.27. The molecule has 2 rings (SSSR count). The number of H-pyrrole nitrogens is 1. The molecule has 1 aliphatic heterocycles. The minimum atomic E-state index is -0.563. The summed E-state index contributed by atoms with van der Waals surface area (Å²) in [6, 6.07) is 1.20. The van der Waals surface area contributed by atoms with Gasteiger partial charge in [-0.2, -0.15) is 0 Å². The molecule has 1 atom stereocenters. The SMILES string of the molecule is O=C(c1cc([N+](=O)[O-])c[nH]1)N1CC[C@@H](O)C1. The molecule has 0 bridgehead atoms. The van der Waals surface area contributed by atoms with E-state index in [0.717, 1.165) is 0 Å². The molecule has 0 spiro atoms. The number of carbonyl (C=O) groups is 1. The second kappa shape index (κ2) is 3.93. The highest BCUT2D eigenvalue weighted by Crippen LogP contribution is 2.16. The van der Waals surface area contributed by atoms with Crippen LogP contribution in [0.4, 0.5) is 5.69 Å². The van der Waals surface area contributed by atoms with Crippen LogP contribution in [0, 0.1) is 10.1 Å². The van der Waals surface area contributed by atoms with Crippen molar-refractivity contribution in [2.75, 3.05) is 13.1 Å². The minimum Gasteiger partial charge on any atom is -0.391 e. The lowest BCUT2D eigenvalue weighted by Gasteiger charge is -2.13. The number of aliphatic hydroxyl groups excluding tert-OH is 1. The first-order chi connectivity index (χ1) is 7.58. The Hall–Kier alpha value is -1.89.